The van der Waals surface area contributed by atoms with Gasteiger partial charge in [-0.15, -0.1) is 0 Å². The van der Waals surface area contributed by atoms with E-state index < -0.39 is 0 Å². The molecule has 0 radical (unpaired) electrons. The second-order valence-electron chi connectivity index (χ2n) is 13.2. The zero-order chi connectivity index (χ0) is 33.7. The number of carbonyl (C=O) groups excluding carboxylic acids is 1. The van der Waals surface area contributed by atoms with Crippen molar-refractivity contribution in [3.05, 3.63) is 125 Å². The zero-order valence-corrected chi connectivity index (χ0v) is 29.1. The normalized spacial score (nSPS) is 16.8. The molecule has 7 rings (SSSR count). The molecule has 49 heavy (non-hydrogen) atoms. The minimum absolute atomic E-state index is 0.128. The van der Waals surface area contributed by atoms with Gasteiger partial charge in [0.15, 0.2) is 0 Å². The number of halogens is 1. The predicted octanol–water partition coefficient (Wildman–Crippen LogP) is 7.17. The first-order valence-corrected chi connectivity index (χ1v) is 17.7. The molecule has 0 spiro atoms. The number of hydrogen-bond acceptors (Lipinski definition) is 7. The number of benzene rings is 4. The third kappa shape index (κ3) is 7.27. The van der Waals surface area contributed by atoms with E-state index in [0.29, 0.717) is 6.54 Å². The Morgan fingerprint density at radius 3 is 2.18 bits per heavy atom. The van der Waals surface area contributed by atoms with Crippen molar-refractivity contribution in [1.29, 1.82) is 0 Å². The van der Waals surface area contributed by atoms with Crippen LogP contribution >= 0.6 is 11.6 Å². The molecule has 2 aliphatic heterocycles. The summed E-state index contributed by atoms with van der Waals surface area (Å²) in [7, 11) is 1.89. The molecule has 252 valence electrons. The standard InChI is InChI=1S/C40H44ClN7O/c1-29-11-13-30(14-12-29)39(31-15-17-32(41)18-16-31)46-25-23-45(24-26-46)27-38-43-35-8-4-3-7-34(35)40(44-38)47-21-19-33(20-22-47)48(28-49)37-10-6-5-9-36(37)42-2/h3-18,28,33,39,42H,19-27H2,1-2H3. The number of nitrogens with zero attached hydrogens (tertiary/aromatic N) is 6. The summed E-state index contributed by atoms with van der Waals surface area (Å²) in [5.41, 5.74) is 6.68. The quantitative estimate of drug-likeness (QED) is 0.158. The summed E-state index contributed by atoms with van der Waals surface area (Å²) in [5.74, 6) is 1.85. The number of aryl methyl sites for hydroxylation is 1. The second-order valence-corrected chi connectivity index (χ2v) is 13.6. The summed E-state index contributed by atoms with van der Waals surface area (Å²) < 4.78 is 0. The number of anilines is 3. The number of amides is 1. The van der Waals surface area contributed by atoms with Gasteiger partial charge >= 0.3 is 0 Å². The lowest BCUT2D eigenvalue weighted by molar-refractivity contribution is -0.108. The van der Waals surface area contributed by atoms with Gasteiger partial charge in [0.05, 0.1) is 29.5 Å². The first-order valence-electron chi connectivity index (χ1n) is 17.3. The highest BCUT2D eigenvalue weighted by atomic mass is 35.5. The molecule has 1 aromatic heterocycles. The molecule has 0 aliphatic carbocycles. The van der Waals surface area contributed by atoms with Crippen LogP contribution in [-0.4, -0.2) is 78.5 Å². The van der Waals surface area contributed by atoms with Gasteiger partial charge < -0.3 is 15.1 Å². The van der Waals surface area contributed by atoms with E-state index in [0.717, 1.165) is 97.5 Å². The number of aromatic nitrogens is 2. The van der Waals surface area contributed by atoms with Crippen molar-refractivity contribution < 1.29 is 4.79 Å². The SMILES string of the molecule is CNc1ccccc1N(C=O)C1CCN(c2nc(CN3CCN(C(c4ccc(C)cc4)c4ccc(Cl)cc4)CC3)nc3ccccc23)CC1. The van der Waals surface area contributed by atoms with Crippen molar-refractivity contribution in [3.63, 3.8) is 0 Å². The second kappa shape index (κ2) is 14.9. The lowest BCUT2D eigenvalue weighted by Gasteiger charge is -2.40. The average molecular weight is 674 g/mol. The van der Waals surface area contributed by atoms with Crippen molar-refractivity contribution in [1.82, 2.24) is 19.8 Å². The summed E-state index contributed by atoms with van der Waals surface area (Å²) in [4.78, 5) is 31.9. The van der Waals surface area contributed by atoms with Gasteiger partial charge in [-0.05, 0) is 67.3 Å². The lowest BCUT2D eigenvalue weighted by atomic mass is 9.95. The number of piperidine rings is 1. The van der Waals surface area contributed by atoms with Gasteiger partial charge in [-0.1, -0.05) is 77.8 Å². The molecule has 3 heterocycles. The Morgan fingerprint density at radius 2 is 1.49 bits per heavy atom. The molecule has 1 atom stereocenters. The Kier molecular flexibility index (Phi) is 10.1. The summed E-state index contributed by atoms with van der Waals surface area (Å²) in [6.07, 6.45) is 2.71. The molecule has 2 saturated heterocycles. The van der Waals surface area contributed by atoms with Gasteiger partial charge in [-0.3, -0.25) is 14.6 Å². The van der Waals surface area contributed by atoms with Crippen LogP contribution in [0.1, 0.15) is 41.4 Å². The smallest absolute Gasteiger partial charge is 0.214 e. The molecule has 8 nitrogen and oxygen atoms in total. The van der Waals surface area contributed by atoms with Crippen LogP contribution in [0.4, 0.5) is 17.2 Å². The Bertz CT molecular complexity index is 1820. The van der Waals surface area contributed by atoms with E-state index >= 15 is 0 Å². The number of rotatable bonds is 10. The fourth-order valence-electron chi connectivity index (χ4n) is 7.41. The summed E-state index contributed by atoms with van der Waals surface area (Å²) in [6.45, 7) is 8.23. The van der Waals surface area contributed by atoms with Crippen molar-refractivity contribution >= 4 is 46.1 Å². The van der Waals surface area contributed by atoms with Crippen molar-refractivity contribution in [3.8, 4) is 0 Å². The van der Waals surface area contributed by atoms with Crippen molar-refractivity contribution in [2.24, 2.45) is 0 Å². The van der Waals surface area contributed by atoms with Crippen LogP contribution in [-0.2, 0) is 11.3 Å². The Balaban J connectivity index is 1.05. The average Bonchev–Trinajstić information content (AvgIpc) is 3.14. The van der Waals surface area contributed by atoms with E-state index in [4.69, 9.17) is 21.6 Å². The molecule has 5 aromatic rings. The number of hydrogen-bond donors (Lipinski definition) is 1. The van der Waals surface area contributed by atoms with Gasteiger partial charge in [0.25, 0.3) is 0 Å². The van der Waals surface area contributed by atoms with E-state index in [1.807, 2.05) is 48.3 Å². The van der Waals surface area contributed by atoms with E-state index in [9.17, 15) is 4.79 Å². The highest BCUT2D eigenvalue weighted by molar-refractivity contribution is 6.30. The third-order valence-electron chi connectivity index (χ3n) is 10.1. The molecular weight excluding hydrogens is 630 g/mol. The molecule has 9 heteroatoms. The third-order valence-corrected chi connectivity index (χ3v) is 10.3. The first kappa shape index (κ1) is 33.0. The number of nitrogens with one attached hydrogen (secondary N) is 1. The van der Waals surface area contributed by atoms with Crippen LogP contribution in [0.25, 0.3) is 10.9 Å². The van der Waals surface area contributed by atoms with Crippen LogP contribution in [0.2, 0.25) is 5.02 Å². The maximum absolute atomic E-state index is 12.3. The minimum Gasteiger partial charge on any atom is -0.386 e. The molecule has 1 N–H and O–H groups in total. The fourth-order valence-corrected chi connectivity index (χ4v) is 7.54. The Hall–Kier alpha value is -4.50. The molecule has 0 bridgehead atoms. The van der Waals surface area contributed by atoms with Crippen molar-refractivity contribution in [2.75, 3.05) is 61.4 Å². The number of piperazine rings is 1. The predicted molar refractivity (Wildman–Crippen MR) is 201 cm³/mol. The van der Waals surface area contributed by atoms with Crippen LogP contribution in [0.15, 0.2) is 97.1 Å². The highest BCUT2D eigenvalue weighted by Crippen LogP contribution is 2.33. The molecule has 2 fully saturated rings. The monoisotopic (exact) mass is 673 g/mol. The molecule has 1 unspecified atom stereocenters. The molecule has 2 aliphatic rings. The number of para-hydroxylation sites is 3. The topological polar surface area (TPSA) is 67.8 Å². The lowest BCUT2D eigenvalue weighted by Crippen LogP contribution is -2.47. The van der Waals surface area contributed by atoms with Gasteiger partial charge in [0.2, 0.25) is 6.41 Å². The van der Waals surface area contributed by atoms with E-state index in [2.05, 4.69) is 87.6 Å². The fraction of sp³-hybridized carbons (Fsp3) is 0.325. The van der Waals surface area contributed by atoms with Gasteiger partial charge in [-0.25, -0.2) is 9.97 Å². The highest BCUT2D eigenvalue weighted by Gasteiger charge is 2.29. The van der Waals surface area contributed by atoms with E-state index in [1.54, 1.807) is 0 Å². The number of fused-ring (bicyclic) bond motifs is 1. The van der Waals surface area contributed by atoms with Gasteiger partial charge in [0, 0.05) is 62.8 Å². The molecule has 4 aromatic carbocycles. The molecule has 1 amide bonds. The van der Waals surface area contributed by atoms with Gasteiger partial charge in [-0.2, -0.15) is 0 Å². The number of carbonyl (C=O) groups is 1. The largest absolute Gasteiger partial charge is 0.386 e. The molecular formula is C40H44ClN7O. The Labute approximate surface area is 294 Å². The molecule has 0 saturated carbocycles. The summed E-state index contributed by atoms with van der Waals surface area (Å²) >= 11 is 6.27. The van der Waals surface area contributed by atoms with Crippen LogP contribution < -0.4 is 15.1 Å². The van der Waals surface area contributed by atoms with Crippen LogP contribution in [0.3, 0.4) is 0 Å². The minimum atomic E-state index is 0.128. The summed E-state index contributed by atoms with van der Waals surface area (Å²) in [5, 5.41) is 5.06. The zero-order valence-electron chi connectivity index (χ0n) is 28.3. The first-order chi connectivity index (χ1) is 24.0. The maximum atomic E-state index is 12.3. The van der Waals surface area contributed by atoms with Crippen LogP contribution in [0.5, 0.6) is 0 Å². The Morgan fingerprint density at radius 1 is 0.837 bits per heavy atom. The van der Waals surface area contributed by atoms with E-state index in [-0.39, 0.29) is 12.1 Å². The van der Waals surface area contributed by atoms with E-state index in [1.165, 1.54) is 16.7 Å². The summed E-state index contributed by atoms with van der Waals surface area (Å²) in [6, 6.07) is 33.8. The van der Waals surface area contributed by atoms with Crippen molar-refractivity contribution in [2.45, 2.75) is 38.4 Å². The van der Waals surface area contributed by atoms with Crippen LogP contribution in [0, 0.1) is 6.92 Å². The van der Waals surface area contributed by atoms with Gasteiger partial charge in [0.1, 0.15) is 11.6 Å². The maximum Gasteiger partial charge on any atom is 0.214 e.